The largest absolute Gasteiger partial charge is 0.319 e. The fourth-order valence-corrected chi connectivity index (χ4v) is 3.01. The molecule has 0 fully saturated rings. The van der Waals surface area contributed by atoms with Crippen LogP contribution in [0.15, 0.2) is 72.8 Å². The van der Waals surface area contributed by atoms with Crippen LogP contribution >= 0.6 is 11.6 Å². The molecule has 1 N–H and O–H groups in total. The Labute approximate surface area is 174 Å². The topological polar surface area (TPSA) is 59.8 Å². The molecule has 0 atom stereocenters. The van der Waals surface area contributed by atoms with Gasteiger partial charge in [-0.15, -0.1) is 5.10 Å². The van der Waals surface area contributed by atoms with Crippen LogP contribution in [-0.4, -0.2) is 20.7 Å². The summed E-state index contributed by atoms with van der Waals surface area (Å²) in [7, 11) is 0. The van der Waals surface area contributed by atoms with Crippen LogP contribution < -0.4 is 5.32 Å². The lowest BCUT2D eigenvalue weighted by molar-refractivity contribution is 0.101. The molecule has 6 heteroatoms. The molecule has 0 aliphatic heterocycles. The molecule has 4 rings (SSSR count). The number of rotatable bonds is 4. The number of halogens is 1. The van der Waals surface area contributed by atoms with Gasteiger partial charge < -0.3 is 5.32 Å². The van der Waals surface area contributed by atoms with Crippen LogP contribution in [-0.2, 0) is 0 Å². The van der Waals surface area contributed by atoms with Gasteiger partial charge in [0.25, 0.3) is 5.91 Å². The molecule has 4 aromatic rings. The Morgan fingerprint density at radius 2 is 1.45 bits per heavy atom. The number of hydrogen-bond acceptors (Lipinski definition) is 3. The molecule has 0 aliphatic carbocycles. The first-order valence-electron chi connectivity index (χ1n) is 9.18. The van der Waals surface area contributed by atoms with Crippen LogP contribution in [0.2, 0.25) is 5.02 Å². The van der Waals surface area contributed by atoms with Crippen molar-refractivity contribution >= 4 is 23.2 Å². The number of aryl methyl sites for hydroxylation is 2. The molecule has 1 amide bonds. The third-order valence-corrected chi connectivity index (χ3v) is 4.75. The Balaban J connectivity index is 1.74. The molecule has 3 aromatic carbocycles. The lowest BCUT2D eigenvalue weighted by Crippen LogP contribution is -2.14. The summed E-state index contributed by atoms with van der Waals surface area (Å²) in [6, 6.07) is 22.8. The molecule has 0 saturated carbocycles. The van der Waals surface area contributed by atoms with Gasteiger partial charge in [-0.1, -0.05) is 59.1 Å². The molecular weight excluding hydrogens is 384 g/mol. The molecule has 0 unspecified atom stereocenters. The summed E-state index contributed by atoms with van der Waals surface area (Å²) in [6.45, 7) is 4.05. The smallest absolute Gasteiger partial charge is 0.295 e. The number of carbonyl (C=O) groups excluding carboxylic acids is 1. The van der Waals surface area contributed by atoms with Crippen molar-refractivity contribution in [2.45, 2.75) is 13.8 Å². The van der Waals surface area contributed by atoms with Crippen LogP contribution in [0, 0.1) is 13.8 Å². The van der Waals surface area contributed by atoms with Crippen LogP contribution in [0.4, 0.5) is 5.69 Å². The van der Waals surface area contributed by atoms with Gasteiger partial charge in [-0.3, -0.25) is 4.79 Å². The van der Waals surface area contributed by atoms with E-state index in [1.54, 1.807) is 28.9 Å². The fourth-order valence-electron chi connectivity index (χ4n) is 2.88. The summed E-state index contributed by atoms with van der Waals surface area (Å²) < 4.78 is 1.70. The number of anilines is 1. The normalized spacial score (nSPS) is 10.7. The van der Waals surface area contributed by atoms with E-state index < -0.39 is 0 Å². The van der Waals surface area contributed by atoms with E-state index in [4.69, 9.17) is 11.6 Å². The van der Waals surface area contributed by atoms with Gasteiger partial charge in [0.15, 0.2) is 5.82 Å². The Bertz CT molecular complexity index is 1080. The van der Waals surface area contributed by atoms with Crippen molar-refractivity contribution < 1.29 is 4.79 Å². The second-order valence-corrected chi connectivity index (χ2v) is 7.27. The Morgan fingerprint density at radius 3 is 2.07 bits per heavy atom. The summed E-state index contributed by atoms with van der Waals surface area (Å²) in [6.07, 6.45) is 0. The minimum absolute atomic E-state index is 0.0936. The number of nitrogens with one attached hydrogen (secondary N) is 1. The van der Waals surface area contributed by atoms with E-state index in [2.05, 4.69) is 15.4 Å². The van der Waals surface area contributed by atoms with Crippen LogP contribution in [0.1, 0.15) is 21.7 Å². The first-order valence-corrected chi connectivity index (χ1v) is 9.55. The van der Waals surface area contributed by atoms with Crippen molar-refractivity contribution in [2.24, 2.45) is 0 Å². The highest BCUT2D eigenvalue weighted by Crippen LogP contribution is 2.23. The molecule has 29 heavy (non-hydrogen) atoms. The minimum atomic E-state index is -0.383. The van der Waals surface area contributed by atoms with Gasteiger partial charge in [0.05, 0.1) is 5.69 Å². The van der Waals surface area contributed by atoms with Crippen molar-refractivity contribution in [1.82, 2.24) is 14.8 Å². The zero-order valence-electron chi connectivity index (χ0n) is 16.1. The van der Waals surface area contributed by atoms with E-state index in [1.807, 2.05) is 62.4 Å². The molecule has 0 spiro atoms. The number of aromatic nitrogens is 3. The highest BCUT2D eigenvalue weighted by atomic mass is 35.5. The van der Waals surface area contributed by atoms with Crippen molar-refractivity contribution in [3.8, 4) is 17.1 Å². The maximum absolute atomic E-state index is 12.8. The summed E-state index contributed by atoms with van der Waals surface area (Å²) in [5.74, 6) is 0.317. The van der Waals surface area contributed by atoms with Gasteiger partial charge in [-0.25, -0.2) is 9.67 Å². The number of carbonyl (C=O) groups is 1. The molecule has 0 radical (unpaired) electrons. The number of benzene rings is 3. The average Bonchev–Trinajstić information content (AvgIpc) is 3.16. The third-order valence-electron chi connectivity index (χ3n) is 4.50. The summed E-state index contributed by atoms with van der Waals surface area (Å²) in [5, 5.41) is 7.90. The van der Waals surface area contributed by atoms with Gasteiger partial charge in [0.1, 0.15) is 0 Å². The average molecular weight is 403 g/mol. The van der Waals surface area contributed by atoms with E-state index in [9.17, 15) is 4.79 Å². The number of amides is 1. The zero-order valence-corrected chi connectivity index (χ0v) is 16.8. The molecule has 0 bridgehead atoms. The van der Waals surface area contributed by atoms with Crippen molar-refractivity contribution in [2.75, 3.05) is 5.32 Å². The first-order chi connectivity index (χ1) is 14.0. The quantitative estimate of drug-likeness (QED) is 0.493. The standard InChI is InChI=1S/C23H19ClN4O/c1-15-3-7-17(8-4-15)22-26-21(23(29)25-19-11-9-18(24)10-12-19)27-28(22)20-13-5-16(2)6-14-20/h3-14H,1-2H3,(H,25,29). The molecular formula is C23H19ClN4O. The van der Waals surface area contributed by atoms with Crippen LogP contribution in [0.25, 0.3) is 17.1 Å². The molecule has 144 valence electrons. The predicted octanol–water partition coefficient (Wildman–Crippen LogP) is 5.46. The SMILES string of the molecule is Cc1ccc(-c2nc(C(=O)Nc3ccc(Cl)cc3)nn2-c2ccc(C)cc2)cc1. The predicted molar refractivity (Wildman–Crippen MR) is 116 cm³/mol. The molecule has 1 heterocycles. The van der Waals surface area contributed by atoms with Crippen molar-refractivity contribution in [3.05, 3.63) is 94.8 Å². The number of hydrogen-bond donors (Lipinski definition) is 1. The first kappa shape index (κ1) is 18.9. The lowest BCUT2D eigenvalue weighted by Gasteiger charge is -2.06. The molecule has 5 nitrogen and oxygen atoms in total. The van der Waals surface area contributed by atoms with Crippen molar-refractivity contribution in [1.29, 1.82) is 0 Å². The molecule has 0 saturated heterocycles. The van der Waals surface area contributed by atoms with E-state index >= 15 is 0 Å². The highest BCUT2D eigenvalue weighted by molar-refractivity contribution is 6.30. The maximum atomic E-state index is 12.8. The number of nitrogens with zero attached hydrogens (tertiary/aromatic N) is 3. The van der Waals surface area contributed by atoms with Gasteiger partial charge in [-0.2, -0.15) is 0 Å². The van der Waals surface area contributed by atoms with E-state index in [-0.39, 0.29) is 11.7 Å². The lowest BCUT2D eigenvalue weighted by atomic mass is 10.1. The van der Waals surface area contributed by atoms with Gasteiger partial charge in [0.2, 0.25) is 5.82 Å². The van der Waals surface area contributed by atoms with Crippen LogP contribution in [0.5, 0.6) is 0 Å². The van der Waals surface area contributed by atoms with E-state index in [0.29, 0.717) is 16.5 Å². The second kappa shape index (κ2) is 7.89. The Morgan fingerprint density at radius 1 is 0.862 bits per heavy atom. The van der Waals surface area contributed by atoms with E-state index in [0.717, 1.165) is 22.4 Å². The summed E-state index contributed by atoms with van der Waals surface area (Å²) in [5.41, 5.74) is 4.64. The van der Waals surface area contributed by atoms with Gasteiger partial charge in [-0.05, 0) is 50.2 Å². The van der Waals surface area contributed by atoms with Crippen molar-refractivity contribution in [3.63, 3.8) is 0 Å². The minimum Gasteiger partial charge on any atom is -0.319 e. The molecule has 1 aromatic heterocycles. The summed E-state index contributed by atoms with van der Waals surface area (Å²) in [4.78, 5) is 17.3. The highest BCUT2D eigenvalue weighted by Gasteiger charge is 2.19. The molecule has 0 aliphatic rings. The summed E-state index contributed by atoms with van der Waals surface area (Å²) >= 11 is 5.91. The fraction of sp³-hybridized carbons (Fsp3) is 0.0870. The Kier molecular flexibility index (Phi) is 5.14. The monoisotopic (exact) mass is 402 g/mol. The van der Waals surface area contributed by atoms with Crippen LogP contribution in [0.3, 0.4) is 0 Å². The maximum Gasteiger partial charge on any atom is 0.295 e. The van der Waals surface area contributed by atoms with Gasteiger partial charge >= 0.3 is 0 Å². The third kappa shape index (κ3) is 4.20. The second-order valence-electron chi connectivity index (χ2n) is 6.83. The zero-order chi connectivity index (χ0) is 20.4. The van der Waals surface area contributed by atoms with E-state index in [1.165, 1.54) is 0 Å². The Hall–Kier alpha value is -3.44. The van der Waals surface area contributed by atoms with Gasteiger partial charge in [0, 0.05) is 16.3 Å².